The van der Waals surface area contributed by atoms with E-state index in [0.717, 1.165) is 76.0 Å². The van der Waals surface area contributed by atoms with Crippen molar-refractivity contribution in [1.29, 1.82) is 0 Å². The van der Waals surface area contributed by atoms with Gasteiger partial charge in [-0.25, -0.2) is 0 Å². The van der Waals surface area contributed by atoms with Gasteiger partial charge in [0.15, 0.2) is 6.10 Å². The second-order valence-corrected chi connectivity index (χ2v) is 16.4. The fourth-order valence-corrected chi connectivity index (χ4v) is 6.72. The summed E-state index contributed by atoms with van der Waals surface area (Å²) in [5.41, 5.74) is 0. The van der Waals surface area contributed by atoms with Crippen LogP contribution in [0.25, 0.3) is 0 Å². The molecule has 0 fully saturated rings. The zero-order valence-corrected chi connectivity index (χ0v) is 35.4. The van der Waals surface area contributed by atoms with Crippen molar-refractivity contribution in [3.8, 4) is 0 Å². The monoisotopic (exact) mass is 737 g/mol. The summed E-state index contributed by atoms with van der Waals surface area (Å²) in [4.78, 5) is 37.4. The molecule has 0 aliphatic carbocycles. The van der Waals surface area contributed by atoms with Crippen molar-refractivity contribution in [2.75, 3.05) is 13.2 Å². The molecule has 0 spiro atoms. The minimum atomic E-state index is -0.759. The fraction of sp³-hybridized carbons (Fsp3) is 0.935. The second kappa shape index (κ2) is 39.1. The van der Waals surface area contributed by atoms with Gasteiger partial charge in [-0.05, 0) is 31.1 Å². The van der Waals surface area contributed by atoms with E-state index in [1.807, 2.05) is 0 Å². The first-order valence-electron chi connectivity index (χ1n) is 22.8. The largest absolute Gasteiger partial charge is 0.462 e. The van der Waals surface area contributed by atoms with Gasteiger partial charge < -0.3 is 14.2 Å². The summed E-state index contributed by atoms with van der Waals surface area (Å²) in [5.74, 6) is 0.792. The first kappa shape index (κ1) is 50.4. The first-order chi connectivity index (χ1) is 25.3. The van der Waals surface area contributed by atoms with Crippen LogP contribution in [-0.4, -0.2) is 37.2 Å². The van der Waals surface area contributed by atoms with Crippen LogP contribution in [0.4, 0.5) is 0 Å². The Hall–Kier alpha value is -1.59. The van der Waals surface area contributed by atoms with E-state index in [9.17, 15) is 14.4 Å². The molecule has 0 amide bonds. The molecule has 0 aliphatic rings. The summed E-state index contributed by atoms with van der Waals surface area (Å²) in [6.45, 7) is 11.2. The van der Waals surface area contributed by atoms with Gasteiger partial charge in [0.2, 0.25) is 0 Å². The lowest BCUT2D eigenvalue weighted by Gasteiger charge is -2.18. The molecule has 6 nitrogen and oxygen atoms in total. The summed E-state index contributed by atoms with van der Waals surface area (Å²) in [5, 5.41) is 0. The lowest BCUT2D eigenvalue weighted by Crippen LogP contribution is -2.30. The Balaban J connectivity index is 4.13. The van der Waals surface area contributed by atoms with Crippen LogP contribution in [0.5, 0.6) is 0 Å². The number of hydrogen-bond acceptors (Lipinski definition) is 6. The van der Waals surface area contributed by atoms with E-state index in [1.165, 1.54) is 128 Å². The lowest BCUT2D eigenvalue weighted by atomic mass is 10.00. The Morgan fingerprint density at radius 2 is 0.731 bits per heavy atom. The second-order valence-electron chi connectivity index (χ2n) is 16.4. The molecule has 0 N–H and O–H groups in total. The van der Waals surface area contributed by atoms with E-state index in [-0.39, 0.29) is 31.1 Å². The summed E-state index contributed by atoms with van der Waals surface area (Å²) in [6, 6.07) is 0. The molecule has 0 saturated carbocycles. The fourth-order valence-electron chi connectivity index (χ4n) is 6.72. The highest BCUT2D eigenvalue weighted by atomic mass is 16.6. The van der Waals surface area contributed by atoms with Crippen LogP contribution < -0.4 is 0 Å². The summed E-state index contributed by atoms with van der Waals surface area (Å²) in [6.07, 6.45) is 37.0. The number of esters is 3. The Labute approximate surface area is 323 Å². The van der Waals surface area contributed by atoms with Gasteiger partial charge in [0.1, 0.15) is 13.2 Å². The van der Waals surface area contributed by atoms with Crippen LogP contribution in [0.2, 0.25) is 0 Å². The molecule has 0 radical (unpaired) electrons. The van der Waals surface area contributed by atoms with E-state index in [4.69, 9.17) is 14.2 Å². The summed E-state index contributed by atoms with van der Waals surface area (Å²) < 4.78 is 16.6. The highest BCUT2D eigenvalue weighted by molar-refractivity contribution is 5.71. The van der Waals surface area contributed by atoms with Crippen LogP contribution in [0.15, 0.2) is 0 Å². The van der Waals surface area contributed by atoms with Gasteiger partial charge in [-0.1, -0.05) is 208 Å². The van der Waals surface area contributed by atoms with Crippen molar-refractivity contribution < 1.29 is 28.6 Å². The van der Waals surface area contributed by atoms with Gasteiger partial charge in [0.05, 0.1) is 0 Å². The lowest BCUT2D eigenvalue weighted by molar-refractivity contribution is -0.167. The number of unbranched alkanes of at least 4 members (excludes halogenated alkanes) is 24. The maximum atomic E-state index is 12.7. The van der Waals surface area contributed by atoms with Gasteiger partial charge in [-0.2, -0.15) is 0 Å². The third-order valence-corrected chi connectivity index (χ3v) is 10.6. The maximum Gasteiger partial charge on any atom is 0.306 e. The SMILES string of the molecule is CCCCCCCC(=O)OC[C@@H](COC(=O)CCCCCCCCC(C)CC)OC(=O)CCCCCCCCCCCCCCCCCCC(C)C. The molecular weight excluding hydrogens is 649 g/mol. The normalized spacial score (nSPS) is 12.6. The van der Waals surface area contributed by atoms with Crippen LogP contribution >= 0.6 is 0 Å². The average Bonchev–Trinajstić information content (AvgIpc) is 3.12. The van der Waals surface area contributed by atoms with Crippen molar-refractivity contribution in [1.82, 2.24) is 0 Å². The standard InChI is InChI=1S/C46H88O6/c1-6-8-9-24-31-36-44(47)50-39-43(40-51-45(48)37-32-27-23-22-26-30-35-42(5)7-2)52-46(49)38-33-28-21-19-17-15-13-11-10-12-14-16-18-20-25-29-34-41(3)4/h41-43H,6-40H2,1-5H3/t42?,43-/m0/s1. The Bertz CT molecular complexity index is 796. The molecule has 0 rings (SSSR count). The molecule has 0 aromatic carbocycles. The van der Waals surface area contributed by atoms with Crippen LogP contribution in [0.3, 0.4) is 0 Å². The Kier molecular flexibility index (Phi) is 37.9. The molecule has 1 unspecified atom stereocenters. The highest BCUT2D eigenvalue weighted by Gasteiger charge is 2.19. The number of hydrogen-bond donors (Lipinski definition) is 0. The number of carbonyl (C=O) groups excluding carboxylic acids is 3. The van der Waals surface area contributed by atoms with E-state index in [1.54, 1.807) is 0 Å². The zero-order chi connectivity index (χ0) is 38.3. The minimum Gasteiger partial charge on any atom is -0.462 e. The van der Waals surface area contributed by atoms with Crippen molar-refractivity contribution in [2.45, 2.75) is 253 Å². The van der Waals surface area contributed by atoms with Gasteiger partial charge >= 0.3 is 17.9 Å². The number of carbonyl (C=O) groups is 3. The molecule has 52 heavy (non-hydrogen) atoms. The molecule has 6 heteroatoms. The quantitative estimate of drug-likeness (QED) is 0.0354. The summed E-state index contributed by atoms with van der Waals surface area (Å²) >= 11 is 0. The predicted octanol–water partition coefficient (Wildman–Crippen LogP) is 14.2. The van der Waals surface area contributed by atoms with Crippen molar-refractivity contribution in [3.05, 3.63) is 0 Å². The molecule has 0 aliphatic heterocycles. The molecule has 0 aromatic rings. The molecule has 308 valence electrons. The van der Waals surface area contributed by atoms with E-state index in [0.29, 0.717) is 19.3 Å². The molecule has 0 saturated heterocycles. The number of ether oxygens (including phenoxy) is 3. The van der Waals surface area contributed by atoms with Crippen molar-refractivity contribution in [3.63, 3.8) is 0 Å². The Morgan fingerprint density at radius 1 is 0.404 bits per heavy atom. The zero-order valence-electron chi connectivity index (χ0n) is 35.4. The van der Waals surface area contributed by atoms with Gasteiger partial charge in [0.25, 0.3) is 0 Å². The summed E-state index contributed by atoms with van der Waals surface area (Å²) in [7, 11) is 0. The molecular formula is C46H88O6. The third-order valence-electron chi connectivity index (χ3n) is 10.6. The van der Waals surface area contributed by atoms with Gasteiger partial charge in [-0.3, -0.25) is 14.4 Å². The van der Waals surface area contributed by atoms with Gasteiger partial charge in [-0.15, -0.1) is 0 Å². The van der Waals surface area contributed by atoms with Gasteiger partial charge in [0, 0.05) is 19.3 Å². The molecule has 0 heterocycles. The predicted molar refractivity (Wildman–Crippen MR) is 220 cm³/mol. The maximum absolute atomic E-state index is 12.7. The smallest absolute Gasteiger partial charge is 0.306 e. The van der Waals surface area contributed by atoms with Crippen LogP contribution in [0, 0.1) is 11.8 Å². The van der Waals surface area contributed by atoms with Crippen LogP contribution in [0.1, 0.15) is 247 Å². The van der Waals surface area contributed by atoms with Crippen LogP contribution in [-0.2, 0) is 28.6 Å². The van der Waals surface area contributed by atoms with Crippen molar-refractivity contribution in [2.24, 2.45) is 11.8 Å². The third kappa shape index (κ3) is 38.1. The van der Waals surface area contributed by atoms with Crippen molar-refractivity contribution >= 4 is 17.9 Å². The van der Waals surface area contributed by atoms with E-state index >= 15 is 0 Å². The average molecular weight is 737 g/mol. The van der Waals surface area contributed by atoms with E-state index in [2.05, 4.69) is 34.6 Å². The molecule has 0 aromatic heterocycles. The molecule has 0 bridgehead atoms. The Morgan fingerprint density at radius 3 is 1.10 bits per heavy atom. The first-order valence-corrected chi connectivity index (χ1v) is 22.8. The molecule has 2 atom stereocenters. The minimum absolute atomic E-state index is 0.0669. The topological polar surface area (TPSA) is 78.9 Å². The highest BCUT2D eigenvalue weighted by Crippen LogP contribution is 2.17. The number of rotatable bonds is 40. The van der Waals surface area contributed by atoms with E-state index < -0.39 is 6.10 Å².